The van der Waals surface area contributed by atoms with Crippen LogP contribution in [0.1, 0.15) is 6.42 Å². The second-order valence-corrected chi connectivity index (χ2v) is 6.96. The molecule has 0 aliphatic rings. The SMILES string of the molecule is O=C(COC(=O)CCn1ncc(=O)c2ccccc21)Nc1ccc(I)cc1. The van der Waals surface area contributed by atoms with E-state index in [9.17, 15) is 14.4 Å². The fourth-order valence-electron chi connectivity index (χ4n) is 2.48. The Hall–Kier alpha value is -2.75. The first kappa shape index (κ1) is 19.0. The van der Waals surface area contributed by atoms with Gasteiger partial charge in [-0.05, 0) is 59.0 Å². The quantitative estimate of drug-likeness (QED) is 0.436. The number of ether oxygens (including phenoxy) is 1. The van der Waals surface area contributed by atoms with Crippen molar-refractivity contribution in [2.45, 2.75) is 13.0 Å². The lowest BCUT2D eigenvalue weighted by atomic mass is 10.2. The number of esters is 1. The molecular weight excluding hydrogens is 461 g/mol. The second-order valence-electron chi connectivity index (χ2n) is 5.71. The molecule has 0 bridgehead atoms. The molecule has 0 aliphatic carbocycles. The number of carbonyl (C=O) groups excluding carboxylic acids is 2. The van der Waals surface area contributed by atoms with Crippen LogP contribution in [0.4, 0.5) is 5.69 Å². The predicted octanol–water partition coefficient (Wildman–Crippen LogP) is 2.57. The van der Waals surface area contributed by atoms with E-state index in [1.807, 2.05) is 12.1 Å². The molecule has 8 heteroatoms. The van der Waals surface area contributed by atoms with Crippen molar-refractivity contribution >= 4 is 51.1 Å². The van der Waals surface area contributed by atoms with Crippen LogP contribution in [0, 0.1) is 3.57 Å². The highest BCUT2D eigenvalue weighted by Crippen LogP contribution is 2.11. The smallest absolute Gasteiger partial charge is 0.308 e. The molecule has 3 rings (SSSR count). The number of anilines is 1. The van der Waals surface area contributed by atoms with E-state index >= 15 is 0 Å². The summed E-state index contributed by atoms with van der Waals surface area (Å²) >= 11 is 2.17. The normalized spacial score (nSPS) is 10.6. The summed E-state index contributed by atoms with van der Waals surface area (Å²) in [6.07, 6.45) is 1.26. The fourth-order valence-corrected chi connectivity index (χ4v) is 2.84. The number of hydrogen-bond donors (Lipinski definition) is 1. The van der Waals surface area contributed by atoms with Crippen LogP contribution < -0.4 is 10.7 Å². The van der Waals surface area contributed by atoms with Crippen molar-refractivity contribution in [3.05, 3.63) is 68.5 Å². The van der Waals surface area contributed by atoms with Gasteiger partial charge in [-0.25, -0.2) is 0 Å². The van der Waals surface area contributed by atoms with Crippen LogP contribution in [0.25, 0.3) is 10.9 Å². The van der Waals surface area contributed by atoms with Gasteiger partial charge in [-0.3, -0.25) is 19.1 Å². The molecule has 0 spiro atoms. The Morgan fingerprint density at radius 2 is 1.85 bits per heavy atom. The van der Waals surface area contributed by atoms with Gasteiger partial charge >= 0.3 is 5.97 Å². The molecule has 0 aliphatic heterocycles. The zero-order valence-electron chi connectivity index (χ0n) is 14.2. The molecule has 0 fully saturated rings. The summed E-state index contributed by atoms with van der Waals surface area (Å²) in [7, 11) is 0. The Kier molecular flexibility index (Phi) is 6.17. The van der Waals surface area contributed by atoms with Crippen LogP contribution in [0.5, 0.6) is 0 Å². The third kappa shape index (κ3) is 5.13. The summed E-state index contributed by atoms with van der Waals surface area (Å²) in [6, 6.07) is 14.3. The monoisotopic (exact) mass is 477 g/mol. The number of halogens is 1. The van der Waals surface area contributed by atoms with E-state index in [1.54, 1.807) is 41.1 Å². The van der Waals surface area contributed by atoms with E-state index in [1.165, 1.54) is 6.20 Å². The van der Waals surface area contributed by atoms with Gasteiger partial charge in [0.25, 0.3) is 5.91 Å². The van der Waals surface area contributed by atoms with E-state index in [0.717, 1.165) is 3.57 Å². The zero-order chi connectivity index (χ0) is 19.2. The average Bonchev–Trinajstić information content (AvgIpc) is 2.68. The summed E-state index contributed by atoms with van der Waals surface area (Å²) in [5.74, 6) is -0.922. The Morgan fingerprint density at radius 1 is 1.11 bits per heavy atom. The molecule has 0 saturated heterocycles. The van der Waals surface area contributed by atoms with Crippen LogP contribution in [-0.4, -0.2) is 28.3 Å². The number of aromatic nitrogens is 2. The largest absolute Gasteiger partial charge is 0.456 e. The number of amides is 1. The van der Waals surface area contributed by atoms with E-state index in [0.29, 0.717) is 16.6 Å². The van der Waals surface area contributed by atoms with Gasteiger partial charge in [0.15, 0.2) is 6.61 Å². The lowest BCUT2D eigenvalue weighted by Crippen LogP contribution is -2.22. The molecule has 7 nitrogen and oxygen atoms in total. The van der Waals surface area contributed by atoms with Gasteiger partial charge in [-0.2, -0.15) is 5.10 Å². The second kappa shape index (κ2) is 8.76. The molecule has 1 heterocycles. The third-order valence-electron chi connectivity index (χ3n) is 3.78. The van der Waals surface area contributed by atoms with Crippen molar-refractivity contribution in [1.82, 2.24) is 9.78 Å². The van der Waals surface area contributed by atoms with E-state index in [-0.39, 0.29) is 25.0 Å². The van der Waals surface area contributed by atoms with Crippen LogP contribution >= 0.6 is 22.6 Å². The predicted molar refractivity (Wildman–Crippen MR) is 109 cm³/mol. The summed E-state index contributed by atoms with van der Waals surface area (Å²) in [5, 5.41) is 7.25. The Labute approximate surface area is 168 Å². The van der Waals surface area contributed by atoms with Crippen molar-refractivity contribution in [2.75, 3.05) is 11.9 Å². The number of nitrogens with one attached hydrogen (secondary N) is 1. The summed E-state index contributed by atoms with van der Waals surface area (Å²) in [4.78, 5) is 35.6. The van der Waals surface area contributed by atoms with Crippen molar-refractivity contribution in [3.63, 3.8) is 0 Å². The minimum Gasteiger partial charge on any atom is -0.456 e. The maximum atomic E-state index is 11.9. The van der Waals surface area contributed by atoms with Crippen molar-refractivity contribution < 1.29 is 14.3 Å². The molecule has 1 N–H and O–H groups in total. The van der Waals surface area contributed by atoms with Crippen molar-refractivity contribution in [2.24, 2.45) is 0 Å². The number of rotatable bonds is 6. The number of para-hydroxylation sites is 1. The summed E-state index contributed by atoms with van der Waals surface area (Å²) in [5.41, 5.74) is 1.12. The number of carbonyl (C=O) groups is 2. The van der Waals surface area contributed by atoms with Gasteiger partial charge in [0.05, 0.1) is 24.7 Å². The Bertz CT molecular complexity index is 1030. The zero-order valence-corrected chi connectivity index (χ0v) is 16.4. The van der Waals surface area contributed by atoms with Gasteiger partial charge < -0.3 is 10.1 Å². The minimum absolute atomic E-state index is 0.0384. The summed E-state index contributed by atoms with van der Waals surface area (Å²) in [6.45, 7) is -0.110. The standard InChI is InChI=1S/C19H16IN3O4/c20-13-5-7-14(8-6-13)22-18(25)12-27-19(26)9-10-23-16-4-2-1-3-15(16)17(24)11-21-23/h1-8,11H,9-10,12H2,(H,22,25). The van der Waals surface area contributed by atoms with Crippen molar-refractivity contribution in [1.29, 1.82) is 0 Å². The molecule has 0 radical (unpaired) electrons. The Balaban J connectivity index is 1.51. The molecule has 0 atom stereocenters. The van der Waals surface area contributed by atoms with Crippen molar-refractivity contribution in [3.8, 4) is 0 Å². The first-order chi connectivity index (χ1) is 13.0. The molecular formula is C19H16IN3O4. The first-order valence-corrected chi connectivity index (χ1v) is 9.27. The third-order valence-corrected chi connectivity index (χ3v) is 4.50. The molecule has 1 amide bonds. The minimum atomic E-state index is -0.516. The number of nitrogens with zero attached hydrogens (tertiary/aromatic N) is 2. The van der Waals surface area contributed by atoms with Crippen LogP contribution in [0.15, 0.2) is 59.5 Å². The fraction of sp³-hybridized carbons (Fsp3) is 0.158. The number of aryl methyl sites for hydroxylation is 1. The van der Waals surface area contributed by atoms with Crippen LogP contribution in [0.3, 0.4) is 0 Å². The van der Waals surface area contributed by atoms with Crippen LogP contribution in [0.2, 0.25) is 0 Å². The maximum Gasteiger partial charge on any atom is 0.308 e. The molecule has 138 valence electrons. The lowest BCUT2D eigenvalue weighted by Gasteiger charge is -2.09. The van der Waals surface area contributed by atoms with Gasteiger partial charge in [0, 0.05) is 14.6 Å². The topological polar surface area (TPSA) is 90.3 Å². The van der Waals surface area contributed by atoms with E-state index in [4.69, 9.17) is 4.74 Å². The number of fused-ring (bicyclic) bond motifs is 1. The number of hydrogen-bond acceptors (Lipinski definition) is 5. The average molecular weight is 477 g/mol. The molecule has 1 aromatic heterocycles. The van der Waals surface area contributed by atoms with Gasteiger partial charge in [0.2, 0.25) is 5.43 Å². The first-order valence-electron chi connectivity index (χ1n) is 8.19. The highest BCUT2D eigenvalue weighted by molar-refractivity contribution is 14.1. The molecule has 2 aromatic carbocycles. The number of benzene rings is 2. The highest BCUT2D eigenvalue weighted by Gasteiger charge is 2.10. The van der Waals surface area contributed by atoms with Gasteiger partial charge in [-0.1, -0.05) is 12.1 Å². The van der Waals surface area contributed by atoms with Crippen LogP contribution in [-0.2, 0) is 20.9 Å². The van der Waals surface area contributed by atoms with E-state index in [2.05, 4.69) is 33.0 Å². The molecule has 27 heavy (non-hydrogen) atoms. The Morgan fingerprint density at radius 3 is 2.63 bits per heavy atom. The van der Waals surface area contributed by atoms with Gasteiger partial charge in [-0.15, -0.1) is 0 Å². The molecule has 0 unspecified atom stereocenters. The van der Waals surface area contributed by atoms with Gasteiger partial charge in [0.1, 0.15) is 0 Å². The maximum absolute atomic E-state index is 11.9. The lowest BCUT2D eigenvalue weighted by molar-refractivity contribution is -0.147. The van der Waals surface area contributed by atoms with E-state index < -0.39 is 11.9 Å². The summed E-state index contributed by atoms with van der Waals surface area (Å²) < 4.78 is 7.63. The molecule has 3 aromatic rings. The molecule has 0 saturated carbocycles. The highest BCUT2D eigenvalue weighted by atomic mass is 127.